The maximum absolute atomic E-state index is 5.62. The average molecular weight is 207 g/mol. The lowest BCUT2D eigenvalue weighted by Gasteiger charge is -2.25. The number of nitrogen functional groups attached to an aromatic ring is 1. The lowest BCUT2D eigenvalue weighted by molar-refractivity contribution is 0.246. The first-order chi connectivity index (χ1) is 7.29. The van der Waals surface area contributed by atoms with Gasteiger partial charge in [-0.25, -0.2) is 0 Å². The third kappa shape index (κ3) is 2.40. The molecule has 5 nitrogen and oxygen atoms in total. The summed E-state index contributed by atoms with van der Waals surface area (Å²) in [4.78, 5) is 4.25. The van der Waals surface area contributed by atoms with Crippen LogP contribution in [0.2, 0.25) is 0 Å². The minimum Gasteiger partial charge on any atom is -0.490 e. The maximum atomic E-state index is 5.62. The maximum Gasteiger partial charge on any atom is 0.360 e. The van der Waals surface area contributed by atoms with Crippen molar-refractivity contribution in [1.82, 2.24) is 10.2 Å². The van der Waals surface area contributed by atoms with Crippen molar-refractivity contribution in [2.24, 2.45) is 0 Å². The van der Waals surface area contributed by atoms with Gasteiger partial charge in [-0.2, -0.15) is 0 Å². The van der Waals surface area contributed by atoms with Gasteiger partial charge in [0.25, 0.3) is 0 Å². The SMILES string of the molecule is COBNC1COc2cc(N)cnc2C1. The predicted molar refractivity (Wildman–Crippen MR) is 58.9 cm³/mol. The fraction of sp³-hybridized carbons (Fsp3) is 0.444. The molecule has 0 aliphatic carbocycles. The summed E-state index contributed by atoms with van der Waals surface area (Å²) >= 11 is 0. The first-order valence-electron chi connectivity index (χ1n) is 4.89. The van der Waals surface area contributed by atoms with Gasteiger partial charge >= 0.3 is 7.62 Å². The highest BCUT2D eigenvalue weighted by molar-refractivity contribution is 6.23. The van der Waals surface area contributed by atoms with E-state index in [1.807, 2.05) is 6.07 Å². The number of aromatic nitrogens is 1. The van der Waals surface area contributed by atoms with Crippen LogP contribution in [-0.4, -0.2) is 32.4 Å². The second-order valence-electron chi connectivity index (χ2n) is 3.56. The molecule has 0 aromatic carbocycles. The van der Waals surface area contributed by atoms with Gasteiger partial charge in [-0.05, 0) is 0 Å². The number of nitrogens with one attached hydrogen (secondary N) is 1. The molecule has 1 aliphatic heterocycles. The number of hydrogen-bond acceptors (Lipinski definition) is 5. The van der Waals surface area contributed by atoms with E-state index in [4.69, 9.17) is 15.1 Å². The van der Waals surface area contributed by atoms with E-state index in [2.05, 4.69) is 10.2 Å². The molecular weight excluding hydrogens is 193 g/mol. The molecule has 2 rings (SSSR count). The molecule has 6 heteroatoms. The molecule has 2 heterocycles. The fourth-order valence-corrected chi connectivity index (χ4v) is 1.58. The van der Waals surface area contributed by atoms with Crippen molar-refractivity contribution < 1.29 is 9.39 Å². The molecule has 0 saturated carbocycles. The Morgan fingerprint density at radius 2 is 2.60 bits per heavy atom. The summed E-state index contributed by atoms with van der Waals surface area (Å²) in [6.07, 6.45) is 2.50. The average Bonchev–Trinajstić information content (AvgIpc) is 2.26. The first kappa shape index (κ1) is 10.3. The smallest absolute Gasteiger partial charge is 0.360 e. The van der Waals surface area contributed by atoms with Crippen molar-refractivity contribution in [2.75, 3.05) is 19.5 Å². The van der Waals surface area contributed by atoms with Gasteiger partial charge in [-0.1, -0.05) is 0 Å². The van der Waals surface area contributed by atoms with Crippen molar-refractivity contribution in [3.8, 4) is 5.75 Å². The summed E-state index contributed by atoms with van der Waals surface area (Å²) in [6, 6.07) is 2.07. The predicted octanol–water partition coefficient (Wildman–Crippen LogP) is -0.530. The molecule has 80 valence electrons. The molecule has 0 bridgehead atoms. The molecule has 0 amide bonds. The van der Waals surface area contributed by atoms with Crippen LogP contribution in [0.25, 0.3) is 0 Å². The van der Waals surface area contributed by atoms with Gasteiger partial charge < -0.3 is 20.4 Å². The highest BCUT2D eigenvalue weighted by Gasteiger charge is 2.20. The number of anilines is 1. The van der Waals surface area contributed by atoms with Gasteiger partial charge in [0.1, 0.15) is 12.4 Å². The van der Waals surface area contributed by atoms with Crippen LogP contribution in [0.1, 0.15) is 5.69 Å². The number of rotatable bonds is 3. The summed E-state index contributed by atoms with van der Waals surface area (Å²) in [6.45, 7) is 0.626. The molecular formula is C9H14BN3O2. The molecule has 0 radical (unpaired) electrons. The highest BCUT2D eigenvalue weighted by atomic mass is 16.5. The Morgan fingerprint density at radius 3 is 3.40 bits per heavy atom. The Kier molecular flexibility index (Phi) is 3.08. The summed E-state index contributed by atoms with van der Waals surface area (Å²) < 4.78 is 10.5. The molecule has 1 aliphatic rings. The van der Waals surface area contributed by atoms with E-state index >= 15 is 0 Å². The van der Waals surface area contributed by atoms with Crippen LogP contribution in [0, 0.1) is 0 Å². The van der Waals surface area contributed by atoms with Crippen molar-refractivity contribution >= 4 is 13.3 Å². The zero-order chi connectivity index (χ0) is 10.7. The van der Waals surface area contributed by atoms with Crippen LogP contribution in [0.3, 0.4) is 0 Å². The van der Waals surface area contributed by atoms with Crippen LogP contribution in [0.15, 0.2) is 12.3 Å². The van der Waals surface area contributed by atoms with Gasteiger partial charge in [0.05, 0.1) is 17.6 Å². The van der Waals surface area contributed by atoms with Crippen LogP contribution < -0.4 is 15.7 Å². The molecule has 1 aromatic rings. The second kappa shape index (κ2) is 4.50. The molecule has 0 spiro atoms. The van der Waals surface area contributed by atoms with E-state index < -0.39 is 0 Å². The second-order valence-corrected chi connectivity index (χ2v) is 3.56. The standard InChI is InChI=1S/C9H14BN3O2/c1-14-10-13-7-3-8-9(15-5-7)2-6(11)4-12-8/h2,4,7,10,13H,3,5,11H2,1H3. The summed E-state index contributed by atoms with van der Waals surface area (Å²) in [5.41, 5.74) is 7.20. The normalized spacial score (nSPS) is 19.1. The Balaban J connectivity index is 2.03. The third-order valence-electron chi connectivity index (χ3n) is 2.35. The Morgan fingerprint density at radius 1 is 1.73 bits per heavy atom. The van der Waals surface area contributed by atoms with E-state index in [0.29, 0.717) is 19.9 Å². The Labute approximate surface area is 89.3 Å². The lowest BCUT2D eigenvalue weighted by atomic mass is 10.0. The molecule has 3 N–H and O–H groups in total. The summed E-state index contributed by atoms with van der Waals surface area (Å²) in [5, 5.41) is 3.21. The fourth-order valence-electron chi connectivity index (χ4n) is 1.58. The molecule has 0 saturated heterocycles. The van der Waals surface area contributed by atoms with E-state index in [0.717, 1.165) is 17.9 Å². The Bertz CT molecular complexity index is 348. The number of hydrogen-bond donors (Lipinski definition) is 2. The number of nitrogens with zero attached hydrogens (tertiary/aromatic N) is 1. The highest BCUT2D eigenvalue weighted by Crippen LogP contribution is 2.24. The topological polar surface area (TPSA) is 69.4 Å². The number of pyridine rings is 1. The quantitative estimate of drug-likeness (QED) is 0.652. The number of fused-ring (bicyclic) bond motifs is 1. The minimum absolute atomic E-state index is 0.258. The molecule has 1 unspecified atom stereocenters. The largest absolute Gasteiger partial charge is 0.490 e. The van der Waals surface area contributed by atoms with Gasteiger partial charge in [-0.15, -0.1) is 0 Å². The van der Waals surface area contributed by atoms with Crippen molar-refractivity contribution in [1.29, 1.82) is 0 Å². The minimum atomic E-state index is 0.258. The van der Waals surface area contributed by atoms with Crippen molar-refractivity contribution in [2.45, 2.75) is 12.5 Å². The molecule has 0 fully saturated rings. The van der Waals surface area contributed by atoms with Crippen molar-refractivity contribution in [3.05, 3.63) is 18.0 Å². The summed E-state index contributed by atoms with van der Waals surface area (Å²) in [5.74, 6) is 0.797. The van der Waals surface area contributed by atoms with E-state index in [-0.39, 0.29) is 6.04 Å². The molecule has 1 aromatic heterocycles. The zero-order valence-corrected chi connectivity index (χ0v) is 8.69. The molecule has 15 heavy (non-hydrogen) atoms. The zero-order valence-electron chi connectivity index (χ0n) is 8.69. The lowest BCUT2D eigenvalue weighted by Crippen LogP contribution is -2.42. The first-order valence-corrected chi connectivity index (χ1v) is 4.89. The van der Waals surface area contributed by atoms with E-state index in [9.17, 15) is 0 Å². The molecule has 1 atom stereocenters. The number of ether oxygens (including phenoxy) is 1. The summed E-state index contributed by atoms with van der Waals surface area (Å²) in [7, 11) is 2.18. The van der Waals surface area contributed by atoms with Crippen LogP contribution in [0.4, 0.5) is 5.69 Å². The van der Waals surface area contributed by atoms with Gasteiger partial charge in [-0.3, -0.25) is 4.98 Å². The Hall–Kier alpha value is -1.27. The van der Waals surface area contributed by atoms with Gasteiger partial charge in [0.2, 0.25) is 0 Å². The monoisotopic (exact) mass is 207 g/mol. The number of nitrogens with two attached hydrogens (primary N) is 1. The van der Waals surface area contributed by atoms with Crippen LogP contribution in [-0.2, 0) is 11.1 Å². The van der Waals surface area contributed by atoms with Gasteiger partial charge in [0.15, 0.2) is 0 Å². The van der Waals surface area contributed by atoms with Gasteiger partial charge in [0, 0.05) is 25.6 Å². The van der Waals surface area contributed by atoms with Crippen LogP contribution in [0.5, 0.6) is 5.75 Å². The third-order valence-corrected chi connectivity index (χ3v) is 2.35. The van der Waals surface area contributed by atoms with E-state index in [1.165, 1.54) is 0 Å². The van der Waals surface area contributed by atoms with E-state index in [1.54, 1.807) is 13.3 Å². The van der Waals surface area contributed by atoms with Crippen molar-refractivity contribution in [3.63, 3.8) is 0 Å². The van der Waals surface area contributed by atoms with Crippen LogP contribution >= 0.6 is 0 Å².